The first kappa shape index (κ1) is 20.8. The molecule has 0 heterocycles. The third kappa shape index (κ3) is 11.5. The van der Waals surface area contributed by atoms with Crippen LogP contribution in [0.5, 0.6) is 0 Å². The minimum atomic E-state index is -4.99. The van der Waals surface area contributed by atoms with E-state index in [1.165, 1.54) is 0 Å². The van der Waals surface area contributed by atoms with Crippen molar-refractivity contribution in [2.24, 2.45) is 0 Å². The van der Waals surface area contributed by atoms with Crippen molar-refractivity contribution < 1.29 is 52.2 Å². The topological polar surface area (TPSA) is 130 Å². The first-order valence-corrected chi connectivity index (χ1v) is 4.20. The Hall–Kier alpha value is -0.563. The molecular weight excluding hydrogens is 259 g/mol. The summed E-state index contributed by atoms with van der Waals surface area (Å²) in [5.74, 6) is -3.95. The molecule has 92 valence electrons. The second-order valence-electron chi connectivity index (χ2n) is 1.65. The van der Waals surface area contributed by atoms with Gasteiger partial charge in [-0.05, 0) is 9.05 Å². The molecule has 0 atom stereocenters. The van der Waals surface area contributed by atoms with Gasteiger partial charge in [-0.25, -0.2) is 18.5 Å². The van der Waals surface area contributed by atoms with E-state index in [0.717, 1.165) is 0 Å². The first-order chi connectivity index (χ1) is 6.67. The van der Waals surface area contributed by atoms with Crippen LogP contribution in [0.1, 0.15) is 0 Å². The Balaban J connectivity index is -0.000000200. The molecule has 0 aliphatic carbocycles. The fraction of sp³-hybridized carbons (Fsp3) is 0.333. The van der Waals surface area contributed by atoms with Crippen LogP contribution in [0.3, 0.4) is 0 Å². The molecule has 0 unspecified atom stereocenters. The molecular formula is C3H5F3LiO8P. The van der Waals surface area contributed by atoms with E-state index in [-0.39, 0.29) is 18.9 Å². The van der Waals surface area contributed by atoms with E-state index in [1.54, 1.807) is 0 Å². The molecule has 0 fully saturated rings. The van der Waals surface area contributed by atoms with Crippen molar-refractivity contribution in [1.82, 2.24) is 0 Å². The van der Waals surface area contributed by atoms with E-state index >= 15 is 0 Å². The molecule has 0 radical (unpaired) electrons. The molecule has 0 saturated heterocycles. The van der Waals surface area contributed by atoms with Crippen LogP contribution in [0.2, 0.25) is 0 Å². The Labute approximate surface area is 97.6 Å². The van der Waals surface area contributed by atoms with Gasteiger partial charge < -0.3 is 10.2 Å². The zero-order valence-corrected chi connectivity index (χ0v) is 7.44. The molecule has 3 N–H and O–H groups in total. The Kier molecular flexibility index (Phi) is 12.5. The fourth-order valence-electron chi connectivity index (χ4n) is 0.116. The number of hydrogen-bond donors (Lipinski definition) is 3. The maximum absolute atomic E-state index is 11.4. The van der Waals surface area contributed by atoms with E-state index in [4.69, 9.17) is 15.1 Å². The number of alkyl halides is 1. The summed E-state index contributed by atoms with van der Waals surface area (Å²) in [4.78, 5) is 26.3. The standard InChI is InChI=1S/C3H3FO4.F2HO4P.Li.H/c4-1(2(5)6)3(7)8;1-5-7(3,4)6-2;;/h1H,(H,5,6)(H,7,8);(H,3,4);;. The van der Waals surface area contributed by atoms with Crippen molar-refractivity contribution in [3.05, 3.63) is 0 Å². The quantitative estimate of drug-likeness (QED) is 0.359. The summed E-state index contributed by atoms with van der Waals surface area (Å²) in [5, 5.41) is 15.2. The number of hydrogen-bond acceptors (Lipinski definition) is 5. The minimum absolute atomic E-state index is 0. The summed E-state index contributed by atoms with van der Waals surface area (Å²) in [5.41, 5.74) is 0. The molecule has 0 saturated carbocycles. The summed E-state index contributed by atoms with van der Waals surface area (Å²) in [7, 11) is -4.99. The van der Waals surface area contributed by atoms with Gasteiger partial charge in [-0.15, -0.1) is 0 Å². The van der Waals surface area contributed by atoms with Crippen LogP contribution in [0, 0.1) is 0 Å². The third-order valence-electron chi connectivity index (χ3n) is 0.608. The predicted molar refractivity (Wildman–Crippen MR) is 41.5 cm³/mol. The van der Waals surface area contributed by atoms with E-state index in [0.29, 0.717) is 0 Å². The van der Waals surface area contributed by atoms with Crippen LogP contribution < -0.4 is 0 Å². The summed E-state index contributed by atoms with van der Waals surface area (Å²) < 4.78 is 45.7. The van der Waals surface area contributed by atoms with Crippen molar-refractivity contribution in [3.63, 3.8) is 0 Å². The number of carboxylic acids is 2. The first-order valence-electron chi connectivity index (χ1n) is 2.71. The normalized spacial score (nSPS) is 9.81. The summed E-state index contributed by atoms with van der Waals surface area (Å²) in [6, 6.07) is 0. The molecule has 16 heavy (non-hydrogen) atoms. The average molecular weight is 264 g/mol. The van der Waals surface area contributed by atoms with E-state index in [9.17, 15) is 27.6 Å². The zero-order valence-electron chi connectivity index (χ0n) is 6.54. The number of aliphatic carboxylic acids is 2. The monoisotopic (exact) mass is 264 g/mol. The van der Waals surface area contributed by atoms with Gasteiger partial charge in [0.05, 0.1) is 0 Å². The number of carbonyl (C=O) groups is 2. The Morgan fingerprint density at radius 3 is 1.38 bits per heavy atom. The summed E-state index contributed by atoms with van der Waals surface area (Å²) in [6.45, 7) is 0. The van der Waals surface area contributed by atoms with Gasteiger partial charge in [-0.3, -0.25) is 4.89 Å². The number of rotatable bonds is 4. The Morgan fingerprint density at radius 2 is 1.38 bits per heavy atom. The molecule has 8 nitrogen and oxygen atoms in total. The third-order valence-corrected chi connectivity index (χ3v) is 0.957. The fourth-order valence-corrected chi connectivity index (χ4v) is 0.138. The van der Waals surface area contributed by atoms with Crippen LogP contribution in [0.15, 0.2) is 0 Å². The van der Waals surface area contributed by atoms with Gasteiger partial charge in [0.2, 0.25) is 0 Å². The van der Waals surface area contributed by atoms with Crippen molar-refractivity contribution in [2.75, 3.05) is 0 Å². The van der Waals surface area contributed by atoms with Crippen molar-refractivity contribution in [3.8, 4) is 0 Å². The van der Waals surface area contributed by atoms with Crippen molar-refractivity contribution in [1.29, 1.82) is 0 Å². The number of phosphoric acid groups is 1. The van der Waals surface area contributed by atoms with E-state index < -0.39 is 25.9 Å². The van der Waals surface area contributed by atoms with Crippen molar-refractivity contribution >= 4 is 38.6 Å². The van der Waals surface area contributed by atoms with Gasteiger partial charge in [-0.1, -0.05) is 9.46 Å². The molecule has 0 rings (SSSR count). The Morgan fingerprint density at radius 1 is 1.12 bits per heavy atom. The molecule has 0 aromatic carbocycles. The predicted octanol–water partition coefficient (Wildman–Crippen LogP) is -0.266. The van der Waals surface area contributed by atoms with Gasteiger partial charge in [0, 0.05) is 0 Å². The Bertz CT molecular complexity index is 251. The second-order valence-corrected chi connectivity index (χ2v) is 2.86. The van der Waals surface area contributed by atoms with Gasteiger partial charge >= 0.3 is 38.6 Å². The molecule has 0 aliphatic rings. The van der Waals surface area contributed by atoms with Crippen LogP contribution in [0.25, 0.3) is 0 Å². The van der Waals surface area contributed by atoms with E-state index in [2.05, 4.69) is 9.46 Å². The molecule has 0 aromatic heterocycles. The van der Waals surface area contributed by atoms with Crippen LogP contribution in [-0.4, -0.2) is 52.1 Å². The number of halogens is 3. The van der Waals surface area contributed by atoms with Gasteiger partial charge in [0.15, 0.2) is 0 Å². The van der Waals surface area contributed by atoms with Crippen LogP contribution in [0.4, 0.5) is 13.4 Å². The molecule has 13 heteroatoms. The van der Waals surface area contributed by atoms with Crippen molar-refractivity contribution in [2.45, 2.75) is 6.17 Å². The zero-order chi connectivity index (χ0) is 12.6. The summed E-state index contributed by atoms with van der Waals surface area (Å²) in [6.07, 6.45) is -2.80. The van der Waals surface area contributed by atoms with Crippen LogP contribution >= 0.6 is 7.82 Å². The average Bonchev–Trinajstić information content (AvgIpc) is 2.17. The van der Waals surface area contributed by atoms with Crippen LogP contribution in [-0.2, 0) is 23.6 Å². The SMILES string of the molecule is O=C(O)C(F)C(=O)O.O=P(O)(OF)OF.[LiH]. The maximum atomic E-state index is 11.4. The second kappa shape index (κ2) is 9.65. The van der Waals surface area contributed by atoms with Gasteiger partial charge in [-0.2, -0.15) is 0 Å². The number of carboxylic acid groups (broad SMARTS) is 2. The molecule has 0 aromatic rings. The molecule has 0 spiro atoms. The summed E-state index contributed by atoms with van der Waals surface area (Å²) >= 11 is 0. The van der Waals surface area contributed by atoms with Gasteiger partial charge in [0.25, 0.3) is 6.17 Å². The van der Waals surface area contributed by atoms with E-state index in [1.807, 2.05) is 0 Å². The molecule has 0 bridgehead atoms. The molecule has 0 aliphatic heterocycles. The van der Waals surface area contributed by atoms with Gasteiger partial charge in [0.1, 0.15) is 0 Å². The molecule has 0 amide bonds.